The van der Waals surface area contributed by atoms with Gasteiger partial charge in [0, 0.05) is 43.2 Å². The van der Waals surface area contributed by atoms with Gasteiger partial charge in [-0.3, -0.25) is 4.79 Å². The molecule has 31 heavy (non-hydrogen) atoms. The molecule has 1 saturated heterocycles. The molecule has 0 unspecified atom stereocenters. The Kier molecular flexibility index (Phi) is 4.63. The average Bonchev–Trinajstić information content (AvgIpc) is 3.38. The molecule has 0 bridgehead atoms. The molecule has 1 N–H and O–H groups in total. The second kappa shape index (κ2) is 7.48. The van der Waals surface area contributed by atoms with Crippen molar-refractivity contribution in [2.24, 2.45) is 7.05 Å². The third kappa shape index (κ3) is 3.40. The van der Waals surface area contributed by atoms with Crippen molar-refractivity contribution in [3.8, 4) is 0 Å². The van der Waals surface area contributed by atoms with Crippen molar-refractivity contribution in [3.63, 3.8) is 0 Å². The Morgan fingerprint density at radius 2 is 2.23 bits per heavy atom. The summed E-state index contributed by atoms with van der Waals surface area (Å²) in [4.78, 5) is 17.4. The Labute approximate surface area is 179 Å². The minimum Gasteiger partial charge on any atom is -0.379 e. The van der Waals surface area contributed by atoms with Gasteiger partial charge in [-0.25, -0.2) is 4.98 Å². The van der Waals surface area contributed by atoms with Gasteiger partial charge in [-0.15, -0.1) is 10.2 Å². The van der Waals surface area contributed by atoms with Crippen LogP contribution in [0.3, 0.4) is 0 Å². The molecule has 1 amide bonds. The summed E-state index contributed by atoms with van der Waals surface area (Å²) in [5.74, 6) is 0.685. The second-order valence-corrected chi connectivity index (χ2v) is 7.89. The molecule has 3 aromatic heterocycles. The number of hydrogen-bond acceptors (Lipinski definition) is 5. The van der Waals surface area contributed by atoms with Crippen molar-refractivity contribution >= 4 is 23.3 Å². The largest absolute Gasteiger partial charge is 0.379 e. The lowest BCUT2D eigenvalue weighted by Crippen LogP contribution is -2.49. The maximum absolute atomic E-state index is 13.1. The lowest BCUT2D eigenvalue weighted by atomic mass is 9.75. The fourth-order valence-corrected chi connectivity index (χ4v) is 3.95. The third-order valence-corrected chi connectivity index (χ3v) is 5.78. The number of anilines is 1. The van der Waals surface area contributed by atoms with Crippen LogP contribution in [0.15, 0.2) is 61.8 Å². The fraction of sp³-hybridized carbons (Fsp3) is 0.217. The van der Waals surface area contributed by atoms with E-state index in [0.717, 1.165) is 29.1 Å². The van der Waals surface area contributed by atoms with Crippen molar-refractivity contribution in [2.75, 3.05) is 18.5 Å². The van der Waals surface area contributed by atoms with E-state index >= 15 is 0 Å². The van der Waals surface area contributed by atoms with E-state index < -0.39 is 0 Å². The Bertz CT molecular complexity index is 1280. The molecule has 4 heterocycles. The molecular formula is C23H22N6O2. The van der Waals surface area contributed by atoms with Gasteiger partial charge in [0.25, 0.3) is 5.91 Å². The molecule has 8 nitrogen and oxygen atoms in total. The highest BCUT2D eigenvalue weighted by atomic mass is 16.5. The van der Waals surface area contributed by atoms with Crippen LogP contribution in [0.5, 0.6) is 0 Å². The Morgan fingerprint density at radius 1 is 1.35 bits per heavy atom. The van der Waals surface area contributed by atoms with Crippen LogP contribution in [0, 0.1) is 0 Å². The third-order valence-electron chi connectivity index (χ3n) is 5.78. The summed E-state index contributed by atoms with van der Waals surface area (Å²) in [6.07, 6.45) is 9.51. The molecule has 156 valence electrons. The number of aromatic nitrogens is 5. The fourth-order valence-electron chi connectivity index (χ4n) is 3.95. The van der Waals surface area contributed by atoms with Crippen LogP contribution >= 0.6 is 0 Å². The second-order valence-electron chi connectivity index (χ2n) is 7.89. The van der Waals surface area contributed by atoms with E-state index in [9.17, 15) is 4.79 Å². The van der Waals surface area contributed by atoms with Gasteiger partial charge in [0.05, 0.1) is 18.8 Å². The van der Waals surface area contributed by atoms with Gasteiger partial charge in [-0.05, 0) is 29.3 Å². The van der Waals surface area contributed by atoms with Crippen molar-refractivity contribution in [2.45, 2.75) is 11.8 Å². The lowest BCUT2D eigenvalue weighted by molar-refractivity contribution is -0.0610. The Morgan fingerprint density at radius 3 is 2.94 bits per heavy atom. The number of imidazole rings is 1. The zero-order valence-corrected chi connectivity index (χ0v) is 17.2. The average molecular weight is 414 g/mol. The molecule has 4 aromatic rings. The van der Waals surface area contributed by atoms with Gasteiger partial charge in [0.1, 0.15) is 17.8 Å². The summed E-state index contributed by atoms with van der Waals surface area (Å²) >= 11 is 0. The van der Waals surface area contributed by atoms with Gasteiger partial charge in [-0.2, -0.15) is 0 Å². The number of nitrogens with one attached hydrogen (secondary N) is 1. The van der Waals surface area contributed by atoms with Crippen LogP contribution in [-0.4, -0.2) is 43.3 Å². The first kappa shape index (κ1) is 19.2. The number of amides is 1. The number of carbonyl (C=O) groups is 1. The number of nitrogens with zero attached hydrogens (tertiary/aromatic N) is 5. The molecule has 1 aliphatic heterocycles. The molecular weight excluding hydrogens is 392 g/mol. The topological polar surface area (TPSA) is 86.3 Å². The Hall–Kier alpha value is -3.78. The lowest BCUT2D eigenvalue weighted by Gasteiger charge is -2.41. The van der Waals surface area contributed by atoms with Crippen molar-refractivity contribution in [3.05, 3.63) is 84.3 Å². The number of carbonyl (C=O) groups excluding carboxylic acids is 1. The van der Waals surface area contributed by atoms with Crippen LogP contribution in [0.4, 0.5) is 5.69 Å². The molecule has 5 rings (SSSR count). The Balaban J connectivity index is 1.43. The highest BCUT2D eigenvalue weighted by Crippen LogP contribution is 2.36. The summed E-state index contributed by atoms with van der Waals surface area (Å²) in [5, 5.41) is 11.2. The number of aryl methyl sites for hydroxylation is 1. The molecule has 0 saturated carbocycles. The van der Waals surface area contributed by atoms with Crippen LogP contribution in [0.2, 0.25) is 0 Å². The SMILES string of the molecule is C=Cc1cc(C(=O)Nc2cccc(C3(Cc4nncn4C)COC3)c2)c2nccn2c1. The number of ether oxygens (including phenoxy) is 1. The van der Waals surface area contributed by atoms with E-state index in [4.69, 9.17) is 4.74 Å². The minimum atomic E-state index is -0.218. The smallest absolute Gasteiger partial charge is 0.259 e. The summed E-state index contributed by atoms with van der Waals surface area (Å²) in [6.45, 7) is 5.02. The number of rotatable bonds is 6. The van der Waals surface area contributed by atoms with Gasteiger partial charge in [-0.1, -0.05) is 24.8 Å². The van der Waals surface area contributed by atoms with Gasteiger partial charge in [0.2, 0.25) is 0 Å². The molecule has 0 radical (unpaired) electrons. The summed E-state index contributed by atoms with van der Waals surface area (Å²) in [6, 6.07) is 9.71. The summed E-state index contributed by atoms with van der Waals surface area (Å²) in [5.41, 5.74) is 3.59. The van der Waals surface area contributed by atoms with E-state index in [1.807, 2.05) is 46.6 Å². The van der Waals surface area contributed by atoms with Crippen molar-refractivity contribution < 1.29 is 9.53 Å². The van der Waals surface area contributed by atoms with Crippen LogP contribution in [-0.2, 0) is 23.6 Å². The van der Waals surface area contributed by atoms with Gasteiger partial charge < -0.3 is 19.0 Å². The standard InChI is InChI=1S/C23H22N6O2/c1-3-16-9-19(21-24-7-8-29(21)12-16)22(30)26-18-6-4-5-17(10-18)23(13-31-14-23)11-20-27-25-15-28(20)2/h3-10,12,15H,1,11,13-14H2,2H3,(H,26,30). The number of fused-ring (bicyclic) bond motifs is 1. The molecule has 0 spiro atoms. The van der Waals surface area contributed by atoms with Crippen LogP contribution in [0.1, 0.15) is 27.3 Å². The number of hydrogen-bond donors (Lipinski definition) is 1. The van der Waals surface area contributed by atoms with Crippen LogP contribution < -0.4 is 5.32 Å². The van der Waals surface area contributed by atoms with E-state index in [1.165, 1.54) is 0 Å². The highest BCUT2D eigenvalue weighted by molar-refractivity contribution is 6.08. The molecule has 1 fully saturated rings. The molecule has 1 aromatic carbocycles. The van der Waals surface area contributed by atoms with Gasteiger partial charge in [0.15, 0.2) is 0 Å². The van der Waals surface area contributed by atoms with E-state index in [-0.39, 0.29) is 11.3 Å². The minimum absolute atomic E-state index is 0.180. The molecule has 0 atom stereocenters. The monoisotopic (exact) mass is 414 g/mol. The first-order valence-electron chi connectivity index (χ1n) is 10.00. The quantitative estimate of drug-likeness (QED) is 0.524. The predicted octanol–water partition coefficient (Wildman–Crippen LogP) is 2.87. The van der Waals surface area contributed by atoms with Gasteiger partial charge >= 0.3 is 0 Å². The first-order valence-corrected chi connectivity index (χ1v) is 10.00. The maximum atomic E-state index is 13.1. The summed E-state index contributed by atoms with van der Waals surface area (Å²) < 4.78 is 9.32. The van der Waals surface area contributed by atoms with E-state index in [2.05, 4.69) is 33.1 Å². The zero-order chi connectivity index (χ0) is 21.4. The van der Waals surface area contributed by atoms with Crippen molar-refractivity contribution in [1.29, 1.82) is 0 Å². The maximum Gasteiger partial charge on any atom is 0.259 e. The molecule has 1 aliphatic rings. The number of pyridine rings is 1. The van der Waals surface area contributed by atoms with Crippen molar-refractivity contribution in [1.82, 2.24) is 24.1 Å². The van der Waals surface area contributed by atoms with E-state index in [1.54, 1.807) is 24.7 Å². The first-order chi connectivity index (χ1) is 15.1. The molecule has 8 heteroatoms. The van der Waals surface area contributed by atoms with Crippen LogP contribution in [0.25, 0.3) is 11.7 Å². The zero-order valence-electron chi connectivity index (χ0n) is 17.2. The predicted molar refractivity (Wildman–Crippen MR) is 117 cm³/mol. The number of benzene rings is 1. The highest BCUT2D eigenvalue weighted by Gasteiger charge is 2.41. The normalized spacial score (nSPS) is 14.9. The molecule has 0 aliphatic carbocycles. The summed E-state index contributed by atoms with van der Waals surface area (Å²) in [7, 11) is 1.94. The van der Waals surface area contributed by atoms with E-state index in [0.29, 0.717) is 24.4 Å².